The number of fused-ring (bicyclic) bond motifs is 1. The molecule has 0 bridgehead atoms. The predicted octanol–water partition coefficient (Wildman–Crippen LogP) is 4.33. The van der Waals surface area contributed by atoms with Crippen LogP contribution in [-0.2, 0) is 4.74 Å². The molecule has 1 unspecified atom stereocenters. The van der Waals surface area contributed by atoms with E-state index in [4.69, 9.17) is 18.9 Å². The summed E-state index contributed by atoms with van der Waals surface area (Å²) in [6.07, 6.45) is 2.82. The Labute approximate surface area is 158 Å². The van der Waals surface area contributed by atoms with Crippen LogP contribution in [0.1, 0.15) is 6.42 Å². The molecule has 27 heavy (non-hydrogen) atoms. The lowest BCUT2D eigenvalue weighted by molar-refractivity contribution is 0.167. The summed E-state index contributed by atoms with van der Waals surface area (Å²) in [6, 6.07) is 14.0. The van der Waals surface area contributed by atoms with Gasteiger partial charge < -0.3 is 18.9 Å². The molecule has 5 heteroatoms. The first kappa shape index (κ1) is 17.6. The molecule has 2 heterocycles. The van der Waals surface area contributed by atoms with E-state index in [0.29, 0.717) is 12.5 Å². The Morgan fingerprint density at radius 1 is 1.07 bits per heavy atom. The van der Waals surface area contributed by atoms with E-state index in [9.17, 15) is 0 Å². The maximum absolute atomic E-state index is 6.05. The summed E-state index contributed by atoms with van der Waals surface area (Å²) in [7, 11) is 3.33. The molecule has 1 aliphatic heterocycles. The van der Waals surface area contributed by atoms with E-state index in [0.717, 1.165) is 58.9 Å². The van der Waals surface area contributed by atoms with Crippen molar-refractivity contribution in [1.82, 2.24) is 4.98 Å². The first-order valence-electron chi connectivity index (χ1n) is 9.10. The maximum atomic E-state index is 6.05. The van der Waals surface area contributed by atoms with Gasteiger partial charge in [-0.05, 0) is 47.9 Å². The number of methoxy groups -OCH3 is 2. The third kappa shape index (κ3) is 3.69. The molecule has 0 spiro atoms. The Morgan fingerprint density at radius 2 is 1.96 bits per heavy atom. The van der Waals surface area contributed by atoms with E-state index in [1.807, 2.05) is 36.4 Å². The zero-order chi connectivity index (χ0) is 18.6. The number of benzene rings is 2. The number of ether oxygens (including phenoxy) is 4. The summed E-state index contributed by atoms with van der Waals surface area (Å²) in [4.78, 5) is 4.49. The second-order valence-corrected chi connectivity index (χ2v) is 6.65. The van der Waals surface area contributed by atoms with Crippen molar-refractivity contribution in [3.05, 3.63) is 48.7 Å². The Bertz CT molecular complexity index is 935. The van der Waals surface area contributed by atoms with Crippen molar-refractivity contribution in [2.24, 2.45) is 5.92 Å². The highest BCUT2D eigenvalue weighted by molar-refractivity contribution is 5.98. The first-order chi connectivity index (χ1) is 13.3. The summed E-state index contributed by atoms with van der Waals surface area (Å²) >= 11 is 0. The molecule has 1 aliphatic rings. The highest BCUT2D eigenvalue weighted by Gasteiger charge is 2.17. The van der Waals surface area contributed by atoms with Gasteiger partial charge in [-0.1, -0.05) is 6.07 Å². The molecule has 0 aliphatic carbocycles. The van der Waals surface area contributed by atoms with Crippen molar-refractivity contribution in [3.63, 3.8) is 0 Å². The van der Waals surface area contributed by atoms with Crippen LogP contribution >= 0.6 is 0 Å². The first-order valence-corrected chi connectivity index (χ1v) is 9.10. The van der Waals surface area contributed by atoms with E-state index in [2.05, 4.69) is 11.1 Å². The van der Waals surface area contributed by atoms with Crippen molar-refractivity contribution in [2.45, 2.75) is 6.42 Å². The Morgan fingerprint density at radius 3 is 2.74 bits per heavy atom. The molecule has 1 aromatic heterocycles. The Balaban J connectivity index is 1.72. The molecule has 0 saturated carbocycles. The lowest BCUT2D eigenvalue weighted by Crippen LogP contribution is -2.11. The van der Waals surface area contributed by atoms with Crippen molar-refractivity contribution in [2.75, 3.05) is 34.0 Å². The fraction of sp³-hybridized carbons (Fsp3) is 0.318. The van der Waals surface area contributed by atoms with Gasteiger partial charge in [0.1, 0.15) is 22.8 Å². The number of rotatable bonds is 6. The zero-order valence-electron chi connectivity index (χ0n) is 15.6. The molecule has 2 aromatic carbocycles. The average molecular weight is 365 g/mol. The number of hydrogen-bond donors (Lipinski definition) is 0. The monoisotopic (exact) mass is 365 g/mol. The summed E-state index contributed by atoms with van der Waals surface area (Å²) in [5, 5.41) is 1.03. The van der Waals surface area contributed by atoms with Gasteiger partial charge in [-0.3, -0.25) is 4.98 Å². The molecule has 1 fully saturated rings. The highest BCUT2D eigenvalue weighted by Crippen LogP contribution is 2.36. The predicted molar refractivity (Wildman–Crippen MR) is 105 cm³/mol. The van der Waals surface area contributed by atoms with E-state index < -0.39 is 0 Å². The van der Waals surface area contributed by atoms with Gasteiger partial charge in [0.25, 0.3) is 0 Å². The molecule has 4 rings (SSSR count). The molecule has 0 radical (unpaired) electrons. The van der Waals surface area contributed by atoms with Crippen LogP contribution in [0.5, 0.6) is 17.2 Å². The fourth-order valence-corrected chi connectivity index (χ4v) is 3.42. The van der Waals surface area contributed by atoms with Crippen LogP contribution in [0.25, 0.3) is 22.0 Å². The molecule has 140 valence electrons. The molecule has 1 atom stereocenters. The number of nitrogens with zero attached hydrogens (tertiary/aromatic N) is 1. The van der Waals surface area contributed by atoms with Gasteiger partial charge in [-0.2, -0.15) is 0 Å². The fourth-order valence-electron chi connectivity index (χ4n) is 3.42. The number of hydrogen-bond acceptors (Lipinski definition) is 5. The normalized spacial score (nSPS) is 16.4. The zero-order valence-corrected chi connectivity index (χ0v) is 15.6. The minimum absolute atomic E-state index is 0.450. The maximum Gasteiger partial charge on any atom is 0.145 e. The van der Waals surface area contributed by atoms with Crippen LogP contribution in [0.2, 0.25) is 0 Å². The molecular formula is C22H23NO4. The van der Waals surface area contributed by atoms with E-state index in [1.54, 1.807) is 20.4 Å². The molecule has 0 amide bonds. The van der Waals surface area contributed by atoms with Crippen LogP contribution in [0.3, 0.4) is 0 Å². The molecular weight excluding hydrogens is 342 g/mol. The van der Waals surface area contributed by atoms with Crippen molar-refractivity contribution in [3.8, 4) is 28.4 Å². The average Bonchev–Trinajstić information content (AvgIpc) is 3.25. The summed E-state index contributed by atoms with van der Waals surface area (Å²) in [5.74, 6) is 2.77. The van der Waals surface area contributed by atoms with Gasteiger partial charge in [0.05, 0.1) is 27.4 Å². The largest absolute Gasteiger partial charge is 0.497 e. The standard InChI is InChI=1S/C22H23NO4/c1-24-17-10-16(11-18(12-17)27-14-15-7-9-26-13-15)19-5-6-21(25-2)22-20(19)4-3-8-23-22/h3-6,8,10-12,15H,7,9,13-14H2,1-2H3. The van der Waals surface area contributed by atoms with Gasteiger partial charge in [0, 0.05) is 30.2 Å². The number of aromatic nitrogens is 1. The highest BCUT2D eigenvalue weighted by atomic mass is 16.5. The molecule has 3 aromatic rings. The minimum atomic E-state index is 0.450. The minimum Gasteiger partial charge on any atom is -0.497 e. The molecule has 0 N–H and O–H groups in total. The van der Waals surface area contributed by atoms with E-state index in [-0.39, 0.29) is 0 Å². The van der Waals surface area contributed by atoms with Crippen molar-refractivity contribution in [1.29, 1.82) is 0 Å². The van der Waals surface area contributed by atoms with Crippen LogP contribution in [0.4, 0.5) is 0 Å². The lowest BCUT2D eigenvalue weighted by Gasteiger charge is -2.15. The van der Waals surface area contributed by atoms with Gasteiger partial charge in [0.15, 0.2) is 0 Å². The number of pyridine rings is 1. The summed E-state index contributed by atoms with van der Waals surface area (Å²) in [5.41, 5.74) is 2.92. The molecule has 5 nitrogen and oxygen atoms in total. The van der Waals surface area contributed by atoms with Crippen molar-refractivity contribution < 1.29 is 18.9 Å². The molecule has 1 saturated heterocycles. The smallest absolute Gasteiger partial charge is 0.145 e. The van der Waals surface area contributed by atoms with E-state index >= 15 is 0 Å². The second kappa shape index (κ2) is 7.84. The van der Waals surface area contributed by atoms with Gasteiger partial charge >= 0.3 is 0 Å². The van der Waals surface area contributed by atoms with E-state index in [1.165, 1.54) is 0 Å². The van der Waals surface area contributed by atoms with Crippen LogP contribution in [0, 0.1) is 5.92 Å². The SMILES string of the molecule is COc1cc(OCC2CCOC2)cc(-c2ccc(OC)c3ncccc23)c1. The third-order valence-electron chi connectivity index (χ3n) is 4.89. The Hall–Kier alpha value is -2.79. The third-order valence-corrected chi connectivity index (χ3v) is 4.89. The topological polar surface area (TPSA) is 49.8 Å². The van der Waals surface area contributed by atoms with Crippen LogP contribution < -0.4 is 14.2 Å². The van der Waals surface area contributed by atoms with Gasteiger partial charge in [-0.15, -0.1) is 0 Å². The van der Waals surface area contributed by atoms with Crippen LogP contribution in [0.15, 0.2) is 48.7 Å². The van der Waals surface area contributed by atoms with Gasteiger partial charge in [0.2, 0.25) is 0 Å². The summed E-state index contributed by atoms with van der Waals surface area (Å²) in [6.45, 7) is 2.24. The quantitative estimate of drug-likeness (QED) is 0.651. The van der Waals surface area contributed by atoms with Crippen LogP contribution in [-0.4, -0.2) is 39.0 Å². The second-order valence-electron chi connectivity index (χ2n) is 6.65. The lowest BCUT2D eigenvalue weighted by atomic mass is 9.99. The van der Waals surface area contributed by atoms with Crippen molar-refractivity contribution >= 4 is 10.9 Å². The summed E-state index contributed by atoms with van der Waals surface area (Å²) < 4.78 is 22.4. The Kier molecular flexibility index (Phi) is 5.12. The van der Waals surface area contributed by atoms with Gasteiger partial charge in [-0.25, -0.2) is 0 Å².